The molecule has 4 heteroatoms. The summed E-state index contributed by atoms with van der Waals surface area (Å²) in [6.45, 7) is 0.548. The topological polar surface area (TPSA) is 34.9 Å². The minimum Gasteiger partial charge on any atom is -0.310 e. The van der Waals surface area contributed by atoms with Crippen LogP contribution in [0.2, 0.25) is 0 Å². The first-order chi connectivity index (χ1) is 10.2. The van der Waals surface area contributed by atoms with Gasteiger partial charge < -0.3 is 4.57 Å². The first-order valence-corrected chi connectivity index (χ1v) is 7.37. The zero-order valence-electron chi connectivity index (χ0n) is 11.2. The van der Waals surface area contributed by atoms with E-state index in [0.717, 1.165) is 21.2 Å². The van der Waals surface area contributed by atoms with Crippen LogP contribution in [0, 0.1) is 0 Å². The van der Waals surface area contributed by atoms with Gasteiger partial charge in [-0.3, -0.25) is 9.78 Å². The van der Waals surface area contributed by atoms with E-state index < -0.39 is 0 Å². The summed E-state index contributed by atoms with van der Waals surface area (Å²) in [5, 5.41) is 0. The fraction of sp³-hybridized carbons (Fsp3) is 0.0588. The van der Waals surface area contributed by atoms with Crippen LogP contribution < -0.4 is 5.56 Å². The lowest BCUT2D eigenvalue weighted by Gasteiger charge is -2.08. The van der Waals surface area contributed by atoms with Crippen molar-refractivity contribution < 1.29 is 0 Å². The van der Waals surface area contributed by atoms with Gasteiger partial charge >= 0.3 is 0 Å². The second kappa shape index (κ2) is 6.06. The number of pyridine rings is 2. The predicted molar refractivity (Wildman–Crippen MR) is 87.2 cm³/mol. The van der Waals surface area contributed by atoms with Crippen LogP contribution in [0.3, 0.4) is 0 Å². The molecule has 0 aliphatic carbocycles. The average molecular weight is 341 g/mol. The van der Waals surface area contributed by atoms with E-state index >= 15 is 0 Å². The SMILES string of the molecule is O=c1ccc(Br)cn1Cc1cccc(-c2cccnc2)c1. The Bertz CT molecular complexity index is 812. The summed E-state index contributed by atoms with van der Waals surface area (Å²) in [6, 6.07) is 15.4. The number of rotatable bonds is 3. The maximum Gasteiger partial charge on any atom is 0.250 e. The summed E-state index contributed by atoms with van der Waals surface area (Å²) in [5.74, 6) is 0. The van der Waals surface area contributed by atoms with E-state index in [2.05, 4.69) is 27.0 Å². The second-order valence-corrected chi connectivity index (χ2v) is 5.67. The molecule has 0 spiro atoms. The van der Waals surface area contributed by atoms with Crippen molar-refractivity contribution in [1.82, 2.24) is 9.55 Å². The zero-order valence-corrected chi connectivity index (χ0v) is 12.8. The van der Waals surface area contributed by atoms with E-state index in [1.54, 1.807) is 29.1 Å². The van der Waals surface area contributed by atoms with Crippen molar-refractivity contribution in [2.45, 2.75) is 6.54 Å². The van der Waals surface area contributed by atoms with E-state index in [1.807, 2.05) is 36.5 Å². The Morgan fingerprint density at radius 1 is 1.05 bits per heavy atom. The van der Waals surface area contributed by atoms with Gasteiger partial charge in [-0.2, -0.15) is 0 Å². The highest BCUT2D eigenvalue weighted by atomic mass is 79.9. The van der Waals surface area contributed by atoms with Crippen LogP contribution in [0.25, 0.3) is 11.1 Å². The van der Waals surface area contributed by atoms with Gasteiger partial charge in [0.15, 0.2) is 0 Å². The molecule has 3 rings (SSSR count). The summed E-state index contributed by atoms with van der Waals surface area (Å²) < 4.78 is 2.58. The van der Waals surface area contributed by atoms with E-state index in [-0.39, 0.29) is 5.56 Å². The van der Waals surface area contributed by atoms with Crippen LogP contribution in [-0.2, 0) is 6.54 Å². The first kappa shape index (κ1) is 13.8. The molecule has 0 atom stereocenters. The third-order valence-electron chi connectivity index (χ3n) is 3.22. The lowest BCUT2D eigenvalue weighted by Crippen LogP contribution is -2.18. The Labute approximate surface area is 131 Å². The van der Waals surface area contributed by atoms with E-state index in [4.69, 9.17) is 0 Å². The fourth-order valence-electron chi connectivity index (χ4n) is 2.21. The largest absolute Gasteiger partial charge is 0.310 e. The molecular weight excluding hydrogens is 328 g/mol. The second-order valence-electron chi connectivity index (χ2n) is 4.76. The molecule has 3 aromatic rings. The summed E-state index contributed by atoms with van der Waals surface area (Å²) in [6.07, 6.45) is 5.40. The quantitative estimate of drug-likeness (QED) is 0.728. The number of nitrogens with zero attached hydrogens (tertiary/aromatic N) is 2. The maximum absolute atomic E-state index is 11.9. The van der Waals surface area contributed by atoms with Gasteiger partial charge in [-0.15, -0.1) is 0 Å². The van der Waals surface area contributed by atoms with Gasteiger partial charge in [0.1, 0.15) is 0 Å². The monoisotopic (exact) mass is 340 g/mol. The standard InChI is InChI=1S/C17H13BrN2O/c18-16-6-7-17(21)20(12-16)11-13-3-1-4-14(9-13)15-5-2-8-19-10-15/h1-10,12H,11H2. The molecule has 104 valence electrons. The van der Waals surface area contributed by atoms with Gasteiger partial charge in [-0.25, -0.2) is 0 Å². The molecule has 0 N–H and O–H groups in total. The molecule has 0 saturated carbocycles. The summed E-state index contributed by atoms with van der Waals surface area (Å²) in [7, 11) is 0. The van der Waals surface area contributed by atoms with Gasteiger partial charge in [-0.1, -0.05) is 24.3 Å². The van der Waals surface area contributed by atoms with Crippen LogP contribution in [0.5, 0.6) is 0 Å². The van der Waals surface area contributed by atoms with E-state index in [0.29, 0.717) is 6.54 Å². The maximum atomic E-state index is 11.9. The van der Waals surface area contributed by atoms with Crippen molar-refractivity contribution in [3.63, 3.8) is 0 Å². The van der Waals surface area contributed by atoms with Crippen molar-refractivity contribution in [3.05, 3.63) is 87.5 Å². The molecule has 2 heterocycles. The Kier molecular flexibility index (Phi) is 3.97. The van der Waals surface area contributed by atoms with Crippen LogP contribution in [-0.4, -0.2) is 9.55 Å². The molecule has 3 nitrogen and oxygen atoms in total. The zero-order chi connectivity index (χ0) is 14.7. The number of hydrogen-bond donors (Lipinski definition) is 0. The Morgan fingerprint density at radius 3 is 2.71 bits per heavy atom. The normalized spacial score (nSPS) is 10.5. The van der Waals surface area contributed by atoms with E-state index in [1.165, 1.54) is 0 Å². The molecule has 0 bridgehead atoms. The summed E-state index contributed by atoms with van der Waals surface area (Å²) in [5.41, 5.74) is 3.24. The Morgan fingerprint density at radius 2 is 1.90 bits per heavy atom. The average Bonchev–Trinajstić information content (AvgIpc) is 2.52. The highest BCUT2D eigenvalue weighted by molar-refractivity contribution is 9.10. The number of aromatic nitrogens is 2. The highest BCUT2D eigenvalue weighted by Gasteiger charge is 2.02. The van der Waals surface area contributed by atoms with E-state index in [9.17, 15) is 4.79 Å². The molecule has 1 aromatic carbocycles. The van der Waals surface area contributed by atoms with Gasteiger partial charge in [0.05, 0.1) is 6.54 Å². The number of benzene rings is 1. The van der Waals surface area contributed by atoms with Gasteiger partial charge in [-0.05, 0) is 50.8 Å². The predicted octanol–water partition coefficient (Wildman–Crippen LogP) is 3.72. The molecule has 2 aromatic heterocycles. The molecule has 0 amide bonds. The van der Waals surface area contributed by atoms with Crippen molar-refractivity contribution in [2.75, 3.05) is 0 Å². The molecule has 0 fully saturated rings. The van der Waals surface area contributed by atoms with Crippen LogP contribution >= 0.6 is 15.9 Å². The summed E-state index contributed by atoms with van der Waals surface area (Å²) >= 11 is 3.39. The van der Waals surface area contributed by atoms with Gasteiger partial charge in [0.2, 0.25) is 0 Å². The first-order valence-electron chi connectivity index (χ1n) is 6.58. The van der Waals surface area contributed by atoms with Crippen LogP contribution in [0.15, 0.2) is 76.4 Å². The Hall–Kier alpha value is -2.20. The highest BCUT2D eigenvalue weighted by Crippen LogP contribution is 2.19. The third kappa shape index (κ3) is 3.28. The molecule has 0 aliphatic rings. The smallest absolute Gasteiger partial charge is 0.250 e. The molecule has 0 radical (unpaired) electrons. The number of hydrogen-bond acceptors (Lipinski definition) is 2. The van der Waals surface area contributed by atoms with Crippen molar-refractivity contribution >= 4 is 15.9 Å². The summed E-state index contributed by atoms with van der Waals surface area (Å²) in [4.78, 5) is 16.0. The lowest BCUT2D eigenvalue weighted by molar-refractivity contribution is 0.756. The van der Waals surface area contributed by atoms with Crippen molar-refractivity contribution in [3.8, 4) is 11.1 Å². The minimum absolute atomic E-state index is 0.00928. The molecule has 21 heavy (non-hydrogen) atoms. The van der Waals surface area contributed by atoms with Crippen molar-refractivity contribution in [1.29, 1.82) is 0 Å². The van der Waals surface area contributed by atoms with Crippen LogP contribution in [0.1, 0.15) is 5.56 Å². The molecule has 0 aliphatic heterocycles. The molecular formula is C17H13BrN2O. The third-order valence-corrected chi connectivity index (χ3v) is 3.69. The van der Waals surface area contributed by atoms with Crippen LogP contribution in [0.4, 0.5) is 0 Å². The number of halogens is 1. The van der Waals surface area contributed by atoms with Crippen molar-refractivity contribution in [2.24, 2.45) is 0 Å². The minimum atomic E-state index is -0.00928. The van der Waals surface area contributed by atoms with Gasteiger partial charge in [0, 0.05) is 29.1 Å². The fourth-order valence-corrected chi connectivity index (χ4v) is 2.58. The molecule has 0 saturated heterocycles. The Balaban J connectivity index is 1.94. The van der Waals surface area contributed by atoms with Gasteiger partial charge in [0.25, 0.3) is 5.56 Å². The molecule has 0 unspecified atom stereocenters. The lowest BCUT2D eigenvalue weighted by atomic mass is 10.0.